The molecule has 0 amide bonds. The molecular formula is C17H13ClF5N5O4S2. The lowest BCUT2D eigenvalue weighted by Crippen LogP contribution is -2.56. The fourth-order valence-corrected chi connectivity index (χ4v) is 4.73. The van der Waals surface area contributed by atoms with E-state index in [4.69, 9.17) is 26.6 Å². The molecule has 1 aliphatic rings. The van der Waals surface area contributed by atoms with Crippen molar-refractivity contribution in [2.24, 2.45) is 0 Å². The van der Waals surface area contributed by atoms with Crippen molar-refractivity contribution >= 4 is 63.5 Å². The van der Waals surface area contributed by atoms with Crippen LogP contribution in [0, 0.1) is 0 Å². The van der Waals surface area contributed by atoms with E-state index in [0.29, 0.717) is 32.6 Å². The molecule has 3 aromatic heterocycles. The van der Waals surface area contributed by atoms with Gasteiger partial charge in [0.2, 0.25) is 0 Å². The number of carboxylic acids is 2. The quantitative estimate of drug-likeness (QED) is 0.311. The standard InChI is InChI=1S/C15H12ClF2N5O2S2.C2HF3O2/c1-2-6-9(16)8-10(19-6)21-13(22-11(8)23-4-15(17,18)5-23)27-14-20-7(3-26-14)12(24)25;3-2(4,5)1(6)7/h3H,2,4-5H2,1H3,(H,24,25)(H,19,21,22);(H,6,7). The van der Waals surface area contributed by atoms with Crippen LogP contribution in [0.5, 0.6) is 0 Å². The maximum absolute atomic E-state index is 13.4. The number of halogens is 6. The Morgan fingerprint density at radius 2 is 1.88 bits per heavy atom. The summed E-state index contributed by atoms with van der Waals surface area (Å²) < 4.78 is 58.9. The summed E-state index contributed by atoms with van der Waals surface area (Å²) in [5, 5.41) is 18.7. The van der Waals surface area contributed by atoms with Gasteiger partial charge in [-0.15, -0.1) is 11.3 Å². The van der Waals surface area contributed by atoms with Crippen LogP contribution in [0.4, 0.5) is 27.8 Å². The first-order valence-electron chi connectivity index (χ1n) is 9.09. The van der Waals surface area contributed by atoms with E-state index in [1.165, 1.54) is 10.3 Å². The van der Waals surface area contributed by atoms with Gasteiger partial charge >= 0.3 is 18.1 Å². The average molecular weight is 546 g/mol. The van der Waals surface area contributed by atoms with Gasteiger partial charge in [-0.1, -0.05) is 18.5 Å². The van der Waals surface area contributed by atoms with Crippen LogP contribution in [0.3, 0.4) is 0 Å². The fraction of sp³-hybridized carbons (Fsp3) is 0.353. The summed E-state index contributed by atoms with van der Waals surface area (Å²) in [5.41, 5.74) is 1.14. The number of carbonyl (C=O) groups is 2. The smallest absolute Gasteiger partial charge is 0.476 e. The van der Waals surface area contributed by atoms with Crippen LogP contribution in [0.15, 0.2) is 14.9 Å². The Morgan fingerprint density at radius 1 is 1.26 bits per heavy atom. The minimum absolute atomic E-state index is 0.0672. The van der Waals surface area contributed by atoms with Crippen LogP contribution in [0.2, 0.25) is 5.02 Å². The molecule has 1 aliphatic heterocycles. The van der Waals surface area contributed by atoms with Crippen LogP contribution in [-0.4, -0.2) is 67.3 Å². The van der Waals surface area contributed by atoms with Gasteiger partial charge in [0.1, 0.15) is 11.5 Å². The number of anilines is 1. The van der Waals surface area contributed by atoms with Crippen LogP contribution in [0.1, 0.15) is 23.1 Å². The number of hydrogen-bond donors (Lipinski definition) is 3. The molecule has 9 nitrogen and oxygen atoms in total. The van der Waals surface area contributed by atoms with Crippen molar-refractivity contribution in [1.29, 1.82) is 0 Å². The van der Waals surface area contributed by atoms with Crippen molar-refractivity contribution in [3.8, 4) is 0 Å². The molecule has 0 aromatic carbocycles. The van der Waals surface area contributed by atoms with Crippen molar-refractivity contribution in [2.75, 3.05) is 18.0 Å². The first-order chi connectivity index (χ1) is 15.7. The van der Waals surface area contributed by atoms with Crippen LogP contribution >= 0.6 is 34.7 Å². The molecule has 34 heavy (non-hydrogen) atoms. The van der Waals surface area contributed by atoms with Crippen LogP contribution < -0.4 is 4.90 Å². The Hall–Kier alpha value is -2.72. The molecule has 184 valence electrons. The van der Waals surface area contributed by atoms with E-state index in [0.717, 1.165) is 28.8 Å². The third-order valence-corrected chi connectivity index (χ3v) is 6.46. The molecule has 0 atom stereocenters. The van der Waals surface area contributed by atoms with Crippen molar-refractivity contribution < 1.29 is 41.8 Å². The number of aryl methyl sites for hydroxylation is 1. The molecule has 0 aliphatic carbocycles. The molecular weight excluding hydrogens is 533 g/mol. The largest absolute Gasteiger partial charge is 0.490 e. The molecule has 0 spiro atoms. The van der Waals surface area contributed by atoms with Gasteiger partial charge in [0.05, 0.1) is 23.5 Å². The number of aromatic amines is 1. The molecule has 1 fully saturated rings. The highest BCUT2D eigenvalue weighted by atomic mass is 35.5. The van der Waals surface area contributed by atoms with Gasteiger partial charge in [-0.05, 0) is 18.2 Å². The number of hydrogen-bond acceptors (Lipinski definition) is 8. The van der Waals surface area contributed by atoms with Gasteiger partial charge in [0.25, 0.3) is 5.92 Å². The van der Waals surface area contributed by atoms with Crippen molar-refractivity contribution in [1.82, 2.24) is 19.9 Å². The molecule has 4 rings (SSSR count). The minimum atomic E-state index is -5.08. The number of aliphatic carboxylic acids is 1. The number of H-pyrrole nitrogens is 1. The number of aromatic carboxylic acids is 1. The van der Waals surface area contributed by atoms with E-state index in [-0.39, 0.29) is 10.9 Å². The summed E-state index contributed by atoms with van der Waals surface area (Å²) in [6, 6.07) is 0. The summed E-state index contributed by atoms with van der Waals surface area (Å²) in [6.45, 7) is 1.04. The van der Waals surface area contributed by atoms with Crippen LogP contribution in [0.25, 0.3) is 11.0 Å². The van der Waals surface area contributed by atoms with Crippen molar-refractivity contribution in [2.45, 2.75) is 34.9 Å². The Balaban J connectivity index is 0.000000406. The third-order valence-electron chi connectivity index (χ3n) is 4.24. The Morgan fingerprint density at radius 3 is 2.35 bits per heavy atom. The van der Waals surface area contributed by atoms with Crippen LogP contribution in [-0.2, 0) is 11.2 Å². The normalized spacial score (nSPS) is 15.0. The number of aromatic nitrogens is 4. The monoisotopic (exact) mass is 545 g/mol. The summed E-state index contributed by atoms with van der Waals surface area (Å²) in [4.78, 5) is 37.2. The van der Waals surface area contributed by atoms with Gasteiger partial charge in [0, 0.05) is 11.1 Å². The highest BCUT2D eigenvalue weighted by molar-refractivity contribution is 8.00. The second-order valence-corrected chi connectivity index (χ2v) is 9.20. The zero-order valence-corrected chi connectivity index (χ0v) is 19.2. The predicted octanol–water partition coefficient (Wildman–Crippen LogP) is 4.57. The van der Waals surface area contributed by atoms with E-state index in [1.807, 2.05) is 6.92 Å². The minimum Gasteiger partial charge on any atom is -0.476 e. The van der Waals surface area contributed by atoms with Crippen molar-refractivity contribution in [3.05, 3.63) is 21.8 Å². The number of alkyl halides is 5. The summed E-state index contributed by atoms with van der Waals surface area (Å²) >= 11 is 8.62. The van der Waals surface area contributed by atoms with Gasteiger partial charge in [0.15, 0.2) is 15.2 Å². The molecule has 3 N–H and O–H groups in total. The highest BCUT2D eigenvalue weighted by Gasteiger charge is 2.45. The number of thiazole rings is 1. The molecule has 17 heteroatoms. The second-order valence-electron chi connectivity index (χ2n) is 6.75. The summed E-state index contributed by atoms with van der Waals surface area (Å²) in [5.74, 6) is -6.30. The number of carboxylic acid groups (broad SMARTS) is 2. The highest BCUT2D eigenvalue weighted by Crippen LogP contribution is 2.40. The number of rotatable bonds is 5. The summed E-state index contributed by atoms with van der Waals surface area (Å²) in [7, 11) is 0. The Bertz CT molecular complexity index is 1240. The zero-order valence-electron chi connectivity index (χ0n) is 16.8. The van der Waals surface area contributed by atoms with E-state index in [9.17, 15) is 26.7 Å². The molecule has 0 saturated carbocycles. The maximum Gasteiger partial charge on any atom is 0.490 e. The SMILES string of the molecule is CCc1[nH]c2nc(Sc3nc(C(=O)O)cs3)nc(N3CC(F)(F)C3)c2c1Cl.O=C(O)C(F)(F)F. The van der Waals surface area contributed by atoms with E-state index < -0.39 is 37.1 Å². The van der Waals surface area contributed by atoms with Gasteiger partial charge in [-0.25, -0.2) is 33.3 Å². The topological polar surface area (TPSA) is 132 Å². The number of nitrogens with zero attached hydrogens (tertiary/aromatic N) is 4. The van der Waals surface area contributed by atoms with Gasteiger partial charge in [-0.3, -0.25) is 0 Å². The zero-order chi connectivity index (χ0) is 25.4. The maximum atomic E-state index is 13.4. The molecule has 0 unspecified atom stereocenters. The van der Waals surface area contributed by atoms with Gasteiger partial charge < -0.3 is 20.1 Å². The third kappa shape index (κ3) is 5.67. The fourth-order valence-electron chi connectivity index (χ4n) is 2.73. The first-order valence-corrected chi connectivity index (χ1v) is 11.2. The lowest BCUT2D eigenvalue weighted by atomic mass is 10.1. The molecule has 0 radical (unpaired) electrons. The van der Waals surface area contributed by atoms with E-state index >= 15 is 0 Å². The van der Waals surface area contributed by atoms with E-state index in [2.05, 4.69) is 19.9 Å². The number of fused-ring (bicyclic) bond motifs is 1. The first kappa shape index (κ1) is 25.9. The van der Waals surface area contributed by atoms with Gasteiger partial charge in [-0.2, -0.15) is 13.2 Å². The average Bonchev–Trinajstić information content (AvgIpc) is 3.30. The molecule has 4 heterocycles. The molecule has 1 saturated heterocycles. The molecule has 3 aromatic rings. The Labute approximate surface area is 200 Å². The molecule has 0 bridgehead atoms. The predicted molar refractivity (Wildman–Crippen MR) is 112 cm³/mol. The second kappa shape index (κ2) is 9.50. The van der Waals surface area contributed by atoms with Crippen molar-refractivity contribution in [3.63, 3.8) is 0 Å². The Kier molecular flexibility index (Phi) is 7.23. The summed E-state index contributed by atoms with van der Waals surface area (Å²) in [6.07, 6.45) is -4.46. The lowest BCUT2D eigenvalue weighted by Gasteiger charge is -2.39. The lowest BCUT2D eigenvalue weighted by molar-refractivity contribution is -0.192. The number of nitrogens with one attached hydrogen (secondary N) is 1. The van der Waals surface area contributed by atoms with E-state index in [1.54, 1.807) is 0 Å².